The molecule has 1 unspecified atom stereocenters. The van der Waals surface area contributed by atoms with Crippen molar-refractivity contribution in [3.63, 3.8) is 0 Å². The lowest BCUT2D eigenvalue weighted by atomic mass is 10.3. The van der Waals surface area contributed by atoms with E-state index in [-0.39, 0.29) is 17.8 Å². The lowest BCUT2D eigenvalue weighted by molar-refractivity contribution is -0.127. The van der Waals surface area contributed by atoms with E-state index in [4.69, 9.17) is 5.11 Å². The number of amides is 1. The fourth-order valence-corrected chi connectivity index (χ4v) is 1.90. The summed E-state index contributed by atoms with van der Waals surface area (Å²) in [5, 5.41) is 12.8. The van der Waals surface area contributed by atoms with E-state index >= 15 is 0 Å². The Morgan fingerprint density at radius 3 is 2.88 bits per heavy atom. The van der Waals surface area contributed by atoms with Crippen LogP contribution in [0.25, 0.3) is 0 Å². The minimum absolute atomic E-state index is 0.000472. The van der Waals surface area contributed by atoms with Gasteiger partial charge < -0.3 is 10.0 Å². The van der Waals surface area contributed by atoms with Crippen molar-refractivity contribution in [3.8, 4) is 0 Å². The van der Waals surface area contributed by atoms with Crippen molar-refractivity contribution < 1.29 is 14.7 Å². The Morgan fingerprint density at radius 1 is 1.56 bits per heavy atom. The summed E-state index contributed by atoms with van der Waals surface area (Å²) in [6.45, 7) is 2.64. The van der Waals surface area contributed by atoms with Crippen LogP contribution in [0.4, 0.5) is 0 Å². The minimum Gasteiger partial charge on any atom is -0.475 e. The van der Waals surface area contributed by atoms with Crippen molar-refractivity contribution in [2.45, 2.75) is 19.4 Å². The van der Waals surface area contributed by atoms with Gasteiger partial charge in [0.2, 0.25) is 11.7 Å². The van der Waals surface area contributed by atoms with Crippen molar-refractivity contribution in [2.24, 2.45) is 0 Å². The third-order valence-corrected chi connectivity index (χ3v) is 2.72. The molecule has 1 fully saturated rings. The largest absolute Gasteiger partial charge is 0.475 e. The van der Waals surface area contributed by atoms with Crippen molar-refractivity contribution in [3.05, 3.63) is 12.2 Å². The second kappa shape index (κ2) is 3.92. The fraction of sp³-hybridized carbons (Fsp3) is 0.556. The maximum atomic E-state index is 11.1. The van der Waals surface area contributed by atoms with Crippen LogP contribution in [0.3, 0.4) is 0 Å². The van der Waals surface area contributed by atoms with E-state index in [2.05, 4.69) is 10.1 Å². The fourth-order valence-electron chi connectivity index (χ4n) is 1.90. The Labute approximate surface area is 91.7 Å². The number of carbonyl (C=O) groups is 2. The summed E-state index contributed by atoms with van der Waals surface area (Å²) in [7, 11) is 0. The molecule has 7 heteroatoms. The predicted octanol–water partition coefficient (Wildman–Crippen LogP) is -0.230. The Morgan fingerprint density at radius 2 is 2.31 bits per heavy atom. The molecule has 1 aliphatic rings. The normalized spacial score (nSPS) is 20.1. The Balaban J connectivity index is 2.17. The number of carbonyl (C=O) groups excluding carboxylic acids is 1. The number of rotatable bonds is 2. The van der Waals surface area contributed by atoms with E-state index in [1.807, 2.05) is 0 Å². The molecule has 0 bridgehead atoms. The third-order valence-electron chi connectivity index (χ3n) is 2.72. The van der Waals surface area contributed by atoms with Crippen LogP contribution >= 0.6 is 0 Å². The monoisotopic (exact) mass is 224 g/mol. The molecule has 2 heterocycles. The molecule has 7 nitrogen and oxygen atoms in total. The van der Waals surface area contributed by atoms with Gasteiger partial charge in [-0.1, -0.05) is 0 Å². The number of carboxylic acids is 1. The number of likely N-dealkylation sites (tertiary alicyclic amines) is 1. The average Bonchev–Trinajstić information content (AvgIpc) is 2.86. The predicted molar refractivity (Wildman–Crippen MR) is 52.9 cm³/mol. The summed E-state index contributed by atoms with van der Waals surface area (Å²) in [5.41, 5.74) is 0. The van der Waals surface area contributed by atoms with Crippen LogP contribution < -0.4 is 0 Å². The quantitative estimate of drug-likeness (QED) is 0.749. The average molecular weight is 224 g/mol. The topological polar surface area (TPSA) is 88.3 Å². The number of aromatic carboxylic acids is 1. The Kier molecular flexibility index (Phi) is 2.59. The van der Waals surface area contributed by atoms with Gasteiger partial charge in [-0.3, -0.25) is 4.79 Å². The van der Waals surface area contributed by atoms with Gasteiger partial charge in [0, 0.05) is 20.0 Å². The second-order valence-corrected chi connectivity index (χ2v) is 3.74. The smallest absolute Gasteiger partial charge is 0.373 e. The van der Waals surface area contributed by atoms with Gasteiger partial charge in [0.25, 0.3) is 0 Å². The molecule has 1 N–H and O–H groups in total. The third kappa shape index (κ3) is 1.75. The number of aromatic nitrogens is 3. The van der Waals surface area contributed by atoms with E-state index in [1.54, 1.807) is 4.90 Å². The number of nitrogens with zero attached hydrogens (tertiary/aromatic N) is 4. The zero-order chi connectivity index (χ0) is 11.7. The highest BCUT2D eigenvalue weighted by atomic mass is 16.4. The van der Waals surface area contributed by atoms with Crippen LogP contribution in [0.15, 0.2) is 6.33 Å². The van der Waals surface area contributed by atoms with Gasteiger partial charge >= 0.3 is 5.97 Å². The summed E-state index contributed by atoms with van der Waals surface area (Å²) in [4.78, 5) is 27.4. The van der Waals surface area contributed by atoms with Gasteiger partial charge in [-0.25, -0.2) is 14.5 Å². The van der Waals surface area contributed by atoms with E-state index in [0.717, 1.165) is 0 Å². The first kappa shape index (κ1) is 10.6. The minimum atomic E-state index is -1.10. The van der Waals surface area contributed by atoms with Crippen LogP contribution in [0.1, 0.15) is 30.0 Å². The Hall–Kier alpha value is -1.92. The molecule has 2 rings (SSSR count). The SMILES string of the molecule is CC(=O)N1CCC(n2ncnc2C(=O)O)C1. The molecule has 0 spiro atoms. The first-order valence-corrected chi connectivity index (χ1v) is 4.98. The van der Waals surface area contributed by atoms with Gasteiger partial charge in [-0.2, -0.15) is 5.10 Å². The van der Waals surface area contributed by atoms with Crippen LogP contribution in [0, 0.1) is 0 Å². The summed E-state index contributed by atoms with van der Waals surface area (Å²) in [6.07, 6.45) is 1.93. The molecule has 86 valence electrons. The molecule has 1 aromatic rings. The van der Waals surface area contributed by atoms with Crippen molar-refractivity contribution in [1.82, 2.24) is 19.7 Å². The van der Waals surface area contributed by atoms with Gasteiger partial charge in [0.15, 0.2) is 0 Å². The molecule has 0 aromatic carbocycles. The Bertz CT molecular complexity index is 428. The summed E-state index contributed by atoms with van der Waals surface area (Å²) < 4.78 is 1.38. The molecule has 0 saturated carbocycles. The van der Waals surface area contributed by atoms with E-state index in [0.29, 0.717) is 19.5 Å². The molecule has 0 radical (unpaired) electrons. The lowest BCUT2D eigenvalue weighted by Gasteiger charge is -2.14. The second-order valence-electron chi connectivity index (χ2n) is 3.74. The maximum Gasteiger partial charge on any atom is 0.373 e. The molecular formula is C9H12N4O3. The highest BCUT2D eigenvalue weighted by Gasteiger charge is 2.29. The molecule has 16 heavy (non-hydrogen) atoms. The van der Waals surface area contributed by atoms with Gasteiger partial charge in [-0.15, -0.1) is 0 Å². The van der Waals surface area contributed by atoms with E-state index in [1.165, 1.54) is 17.9 Å². The molecule has 1 atom stereocenters. The van der Waals surface area contributed by atoms with Crippen LogP contribution in [0.5, 0.6) is 0 Å². The van der Waals surface area contributed by atoms with Crippen molar-refractivity contribution in [2.75, 3.05) is 13.1 Å². The van der Waals surface area contributed by atoms with Crippen LogP contribution in [-0.4, -0.2) is 49.7 Å². The number of carboxylic acid groups (broad SMARTS) is 1. The lowest BCUT2D eigenvalue weighted by Crippen LogP contribution is -2.27. The maximum absolute atomic E-state index is 11.1. The summed E-state index contributed by atoms with van der Waals surface area (Å²) >= 11 is 0. The molecule has 1 aliphatic heterocycles. The van der Waals surface area contributed by atoms with Crippen LogP contribution in [-0.2, 0) is 4.79 Å². The summed E-state index contributed by atoms with van der Waals surface area (Å²) in [5.74, 6) is -1.17. The molecule has 1 aromatic heterocycles. The molecule has 1 amide bonds. The standard InChI is InChI=1S/C9H12N4O3/c1-6(14)12-3-2-7(4-12)13-8(9(15)16)10-5-11-13/h5,7H,2-4H2,1H3,(H,15,16). The number of hydrogen-bond acceptors (Lipinski definition) is 4. The van der Waals surface area contributed by atoms with Crippen molar-refractivity contribution >= 4 is 11.9 Å². The molecular weight excluding hydrogens is 212 g/mol. The van der Waals surface area contributed by atoms with Gasteiger partial charge in [-0.05, 0) is 6.42 Å². The highest BCUT2D eigenvalue weighted by Crippen LogP contribution is 2.21. The zero-order valence-electron chi connectivity index (χ0n) is 8.83. The van der Waals surface area contributed by atoms with Gasteiger partial charge in [0.1, 0.15) is 6.33 Å². The first-order valence-electron chi connectivity index (χ1n) is 4.98. The van der Waals surface area contributed by atoms with E-state index < -0.39 is 5.97 Å². The molecule has 1 saturated heterocycles. The van der Waals surface area contributed by atoms with E-state index in [9.17, 15) is 9.59 Å². The number of hydrogen-bond donors (Lipinski definition) is 1. The zero-order valence-corrected chi connectivity index (χ0v) is 8.83. The first-order chi connectivity index (χ1) is 7.59. The van der Waals surface area contributed by atoms with Crippen molar-refractivity contribution in [1.29, 1.82) is 0 Å². The summed E-state index contributed by atoms with van der Waals surface area (Å²) in [6, 6.07) is -0.0856. The molecule has 0 aliphatic carbocycles. The van der Waals surface area contributed by atoms with Crippen LogP contribution in [0.2, 0.25) is 0 Å². The highest BCUT2D eigenvalue weighted by molar-refractivity contribution is 5.83. The van der Waals surface area contributed by atoms with Gasteiger partial charge in [0.05, 0.1) is 6.04 Å².